The molecule has 1 nitrogen and oxygen atoms in total. The minimum absolute atomic E-state index is 0.402. The Kier molecular flexibility index (Phi) is 3.06. The summed E-state index contributed by atoms with van der Waals surface area (Å²) in [6.07, 6.45) is 0.891. The van der Waals surface area contributed by atoms with Gasteiger partial charge in [0, 0.05) is 18.5 Å². The monoisotopic (exact) mass is 151 g/mol. The molecule has 52 valence electrons. The van der Waals surface area contributed by atoms with Crippen molar-refractivity contribution in [2.24, 2.45) is 0 Å². The Morgan fingerprint density at radius 2 is 2.40 bits per heavy atom. The van der Waals surface area contributed by atoms with Crippen LogP contribution in [0.15, 0.2) is 0 Å². The standard InChI is InChI=1S/C8H9NS/c1-8-4-2-6-10-7-3-5-9-8/h8-9H,4,7H2,1H3. The summed E-state index contributed by atoms with van der Waals surface area (Å²) >= 11 is 1.57. The molecule has 0 saturated carbocycles. The molecule has 0 aliphatic carbocycles. The quantitative estimate of drug-likeness (QED) is 0.519. The molecule has 1 aliphatic rings. The molecule has 0 fully saturated rings. The van der Waals surface area contributed by atoms with Crippen LogP contribution in [0.2, 0.25) is 0 Å². The summed E-state index contributed by atoms with van der Waals surface area (Å²) in [4.78, 5) is 0. The molecule has 0 amide bonds. The zero-order valence-electron chi connectivity index (χ0n) is 5.90. The number of nitrogens with one attached hydrogen (secondary N) is 1. The lowest BCUT2D eigenvalue weighted by Crippen LogP contribution is -2.19. The molecule has 1 aliphatic heterocycles. The van der Waals surface area contributed by atoms with Gasteiger partial charge in [-0.3, -0.25) is 0 Å². The van der Waals surface area contributed by atoms with Crippen LogP contribution in [0.5, 0.6) is 0 Å². The molecule has 1 N–H and O–H groups in total. The van der Waals surface area contributed by atoms with E-state index in [-0.39, 0.29) is 0 Å². The van der Waals surface area contributed by atoms with Crippen molar-refractivity contribution in [1.29, 1.82) is 0 Å². The predicted molar refractivity (Wildman–Crippen MR) is 45.2 cm³/mol. The lowest BCUT2D eigenvalue weighted by molar-refractivity contribution is 0.674. The Labute approximate surface area is 66.0 Å². The van der Waals surface area contributed by atoms with Crippen LogP contribution in [0.4, 0.5) is 0 Å². The van der Waals surface area contributed by atoms with Crippen molar-refractivity contribution >= 4 is 11.8 Å². The van der Waals surface area contributed by atoms with Gasteiger partial charge in [0.25, 0.3) is 0 Å². The van der Waals surface area contributed by atoms with Gasteiger partial charge in [-0.25, -0.2) is 0 Å². The van der Waals surface area contributed by atoms with Crippen LogP contribution >= 0.6 is 11.8 Å². The van der Waals surface area contributed by atoms with Gasteiger partial charge < -0.3 is 5.32 Å². The van der Waals surface area contributed by atoms with Crippen molar-refractivity contribution < 1.29 is 0 Å². The maximum atomic E-state index is 3.05. The summed E-state index contributed by atoms with van der Waals surface area (Å²) < 4.78 is 0. The van der Waals surface area contributed by atoms with E-state index in [0.717, 1.165) is 12.2 Å². The molecule has 2 heteroatoms. The highest BCUT2D eigenvalue weighted by atomic mass is 32.2. The van der Waals surface area contributed by atoms with Crippen LogP contribution in [0.3, 0.4) is 0 Å². The first-order valence-corrected chi connectivity index (χ1v) is 4.21. The van der Waals surface area contributed by atoms with Gasteiger partial charge in [0.2, 0.25) is 0 Å². The van der Waals surface area contributed by atoms with Gasteiger partial charge in [-0.1, -0.05) is 23.6 Å². The Morgan fingerprint density at radius 3 is 3.30 bits per heavy atom. The molecular weight excluding hydrogens is 142 g/mol. The van der Waals surface area contributed by atoms with Crippen molar-refractivity contribution in [2.75, 3.05) is 5.75 Å². The van der Waals surface area contributed by atoms with Gasteiger partial charge in [0.05, 0.1) is 5.75 Å². The molecular formula is C8H9NS. The molecule has 0 aromatic heterocycles. The van der Waals surface area contributed by atoms with E-state index in [0.29, 0.717) is 6.04 Å². The number of thioether (sulfide) groups is 1. The van der Waals surface area contributed by atoms with Gasteiger partial charge in [-0.2, -0.15) is 0 Å². The smallest absolute Gasteiger partial charge is 0.0689 e. The third-order valence-corrected chi connectivity index (χ3v) is 1.68. The maximum absolute atomic E-state index is 3.05. The molecule has 0 aromatic carbocycles. The molecule has 1 rings (SSSR count). The van der Waals surface area contributed by atoms with Crippen molar-refractivity contribution in [3.8, 4) is 23.1 Å². The van der Waals surface area contributed by atoms with Crippen LogP contribution in [0.1, 0.15) is 13.3 Å². The Bertz CT molecular complexity index is 189. The van der Waals surface area contributed by atoms with Gasteiger partial charge in [-0.15, -0.1) is 0 Å². The minimum atomic E-state index is 0.402. The predicted octanol–water partition coefficient (Wildman–Crippen LogP) is 1.02. The van der Waals surface area contributed by atoms with Gasteiger partial charge in [0.1, 0.15) is 0 Å². The van der Waals surface area contributed by atoms with Gasteiger partial charge in [0.15, 0.2) is 0 Å². The highest BCUT2D eigenvalue weighted by Crippen LogP contribution is 1.96. The first-order chi connectivity index (χ1) is 4.89. The molecule has 0 bridgehead atoms. The highest BCUT2D eigenvalue weighted by molar-refractivity contribution is 8.04. The van der Waals surface area contributed by atoms with Crippen LogP contribution in [-0.4, -0.2) is 11.8 Å². The lowest BCUT2D eigenvalue weighted by atomic mass is 10.2. The van der Waals surface area contributed by atoms with Crippen LogP contribution in [0.25, 0.3) is 0 Å². The average molecular weight is 151 g/mol. The lowest BCUT2D eigenvalue weighted by Gasteiger charge is -2.02. The van der Waals surface area contributed by atoms with Crippen molar-refractivity contribution in [1.82, 2.24) is 5.32 Å². The second-order valence-corrected chi connectivity index (χ2v) is 2.90. The molecule has 0 radical (unpaired) electrons. The Hall–Kier alpha value is -0.730. The number of rotatable bonds is 0. The molecule has 1 unspecified atom stereocenters. The normalized spacial score (nSPS) is 23.1. The minimum Gasteiger partial charge on any atom is -0.342 e. The van der Waals surface area contributed by atoms with E-state index in [9.17, 15) is 0 Å². The van der Waals surface area contributed by atoms with E-state index in [4.69, 9.17) is 0 Å². The van der Waals surface area contributed by atoms with Crippen molar-refractivity contribution in [3.63, 3.8) is 0 Å². The SMILES string of the molecule is CC1CC#CSCC#CN1. The maximum Gasteiger partial charge on any atom is 0.0689 e. The molecule has 0 spiro atoms. The van der Waals surface area contributed by atoms with Crippen molar-refractivity contribution in [2.45, 2.75) is 19.4 Å². The zero-order chi connectivity index (χ0) is 7.23. The van der Waals surface area contributed by atoms with Crippen LogP contribution in [-0.2, 0) is 0 Å². The Morgan fingerprint density at radius 1 is 1.50 bits per heavy atom. The van der Waals surface area contributed by atoms with Crippen molar-refractivity contribution in [3.05, 3.63) is 0 Å². The largest absolute Gasteiger partial charge is 0.342 e. The number of hydrogen-bond acceptors (Lipinski definition) is 2. The van der Waals surface area contributed by atoms with Crippen LogP contribution in [0, 0.1) is 23.1 Å². The average Bonchev–Trinajstić information content (AvgIpc) is 2.02. The zero-order valence-corrected chi connectivity index (χ0v) is 6.72. The van der Waals surface area contributed by atoms with Crippen LogP contribution < -0.4 is 5.32 Å². The summed E-state index contributed by atoms with van der Waals surface area (Å²) in [5.74, 6) is 6.82. The van der Waals surface area contributed by atoms with E-state index in [1.807, 2.05) is 0 Å². The summed E-state index contributed by atoms with van der Waals surface area (Å²) in [7, 11) is 0. The molecule has 1 atom stereocenters. The summed E-state index contributed by atoms with van der Waals surface area (Å²) in [6, 6.07) is 3.28. The second-order valence-electron chi connectivity index (χ2n) is 2.12. The van der Waals surface area contributed by atoms with E-state index in [1.165, 1.54) is 0 Å². The fraction of sp³-hybridized carbons (Fsp3) is 0.500. The topological polar surface area (TPSA) is 12.0 Å². The summed E-state index contributed by atoms with van der Waals surface area (Å²) in [6.45, 7) is 2.08. The second kappa shape index (κ2) is 4.14. The van der Waals surface area contributed by atoms with E-state index in [1.54, 1.807) is 11.8 Å². The highest BCUT2D eigenvalue weighted by Gasteiger charge is 1.94. The fourth-order valence-electron chi connectivity index (χ4n) is 0.579. The van der Waals surface area contributed by atoms with Gasteiger partial charge in [-0.05, 0) is 12.2 Å². The first kappa shape index (κ1) is 7.38. The van der Waals surface area contributed by atoms with E-state index in [2.05, 4.69) is 35.4 Å². The molecule has 0 aromatic rings. The summed E-state index contributed by atoms with van der Waals surface area (Å²) in [5, 5.41) is 6.03. The molecule has 1 heterocycles. The van der Waals surface area contributed by atoms with E-state index < -0.39 is 0 Å². The third-order valence-electron chi connectivity index (χ3n) is 1.10. The third kappa shape index (κ3) is 2.71. The Balaban J connectivity index is 2.49. The van der Waals surface area contributed by atoms with Gasteiger partial charge >= 0.3 is 0 Å². The fourth-order valence-corrected chi connectivity index (χ4v) is 0.981. The molecule has 0 saturated heterocycles. The first-order valence-electron chi connectivity index (χ1n) is 3.22. The number of hydrogen-bond donors (Lipinski definition) is 1. The van der Waals surface area contributed by atoms with E-state index >= 15 is 0 Å². The molecule has 10 heavy (non-hydrogen) atoms. The summed E-state index contributed by atoms with van der Waals surface area (Å²) in [5.41, 5.74) is 0.